The average molecular weight is 471 g/mol. The average Bonchev–Trinajstić information content (AvgIpc) is 2.74. The van der Waals surface area contributed by atoms with Crippen molar-refractivity contribution in [3.8, 4) is 22.6 Å². The number of halogens is 4. The quantitative estimate of drug-likeness (QED) is 0.226. The largest absolute Gasteiger partial charge is 0.556 e. The normalized spacial score (nSPS) is 11.8. The van der Waals surface area contributed by atoms with Gasteiger partial charge in [0.15, 0.2) is 0 Å². The van der Waals surface area contributed by atoms with Gasteiger partial charge in [-0.2, -0.15) is 13.2 Å². The summed E-state index contributed by atoms with van der Waals surface area (Å²) in [5.41, 5.74) is -0.623. The van der Waals surface area contributed by atoms with Crippen LogP contribution in [-0.4, -0.2) is 12.0 Å². The number of nitro benzene ring substituents is 1. The molecule has 0 heterocycles. The number of alkyl halides is 3. The molecule has 0 aliphatic heterocycles. The van der Waals surface area contributed by atoms with E-state index < -0.39 is 30.4 Å². The van der Waals surface area contributed by atoms with E-state index in [-0.39, 0.29) is 27.4 Å². The predicted octanol–water partition coefficient (Wildman–Crippen LogP) is 6.74. The van der Waals surface area contributed by atoms with E-state index in [1.54, 1.807) is 30.3 Å². The molecule has 0 bridgehead atoms. The molecule has 3 rings (SSSR count). The van der Waals surface area contributed by atoms with E-state index in [1.807, 2.05) is 0 Å². The number of benzene rings is 3. The first-order chi connectivity index (χ1) is 14.6. The zero-order valence-corrected chi connectivity index (χ0v) is 17.4. The summed E-state index contributed by atoms with van der Waals surface area (Å²) in [6.45, 7) is 0. The highest BCUT2D eigenvalue weighted by molar-refractivity contribution is 7.48. The first kappa shape index (κ1) is 22.7. The van der Waals surface area contributed by atoms with Crippen LogP contribution in [0, 0.1) is 10.1 Å². The minimum Gasteiger partial charge on any atom is -0.455 e. The molecule has 0 amide bonds. The van der Waals surface area contributed by atoms with Crippen LogP contribution in [0.1, 0.15) is 5.56 Å². The molecular formula is C20H13ClF3NO5P+. The van der Waals surface area contributed by atoms with E-state index >= 15 is 0 Å². The van der Waals surface area contributed by atoms with Gasteiger partial charge >= 0.3 is 25.2 Å². The maximum absolute atomic E-state index is 12.9. The van der Waals surface area contributed by atoms with E-state index in [9.17, 15) is 27.9 Å². The standard InChI is InChI=1S/C20H13ClF3NO5P/c1-29-31(28)19-11-18(30-17-8-7-13(9-15(17)21)20(22,23)24)14(10-16(19)25(26)27)12-5-3-2-4-6-12/h2-11H,1H3/q+1. The van der Waals surface area contributed by atoms with Crippen molar-refractivity contribution in [1.82, 2.24) is 0 Å². The lowest BCUT2D eigenvalue weighted by Gasteiger charge is -2.14. The maximum atomic E-state index is 12.9. The Morgan fingerprint density at radius 3 is 2.26 bits per heavy atom. The Morgan fingerprint density at radius 2 is 1.71 bits per heavy atom. The van der Waals surface area contributed by atoms with E-state index in [1.165, 1.54) is 6.07 Å². The van der Waals surface area contributed by atoms with Crippen LogP contribution >= 0.6 is 19.6 Å². The van der Waals surface area contributed by atoms with Gasteiger partial charge < -0.3 is 4.74 Å². The third kappa shape index (κ3) is 5.02. The van der Waals surface area contributed by atoms with Crippen molar-refractivity contribution in [3.05, 3.63) is 81.4 Å². The van der Waals surface area contributed by atoms with Gasteiger partial charge in [-0.1, -0.05) is 41.9 Å². The topological polar surface area (TPSA) is 78.7 Å². The molecule has 3 aromatic carbocycles. The van der Waals surface area contributed by atoms with E-state index in [4.69, 9.17) is 20.9 Å². The van der Waals surface area contributed by atoms with Crippen LogP contribution in [0.15, 0.2) is 60.7 Å². The van der Waals surface area contributed by atoms with Crippen molar-refractivity contribution in [2.75, 3.05) is 7.11 Å². The smallest absolute Gasteiger partial charge is 0.455 e. The SMILES string of the molecule is CO[P+](=O)c1cc(Oc2ccc(C(F)(F)F)cc2Cl)c(-c2ccccc2)cc1[N+](=O)[O-]. The monoisotopic (exact) mass is 470 g/mol. The highest BCUT2D eigenvalue weighted by atomic mass is 35.5. The van der Waals surface area contributed by atoms with Crippen LogP contribution in [0.2, 0.25) is 5.02 Å². The van der Waals surface area contributed by atoms with Crippen LogP contribution in [0.25, 0.3) is 11.1 Å². The molecule has 0 spiro atoms. The van der Waals surface area contributed by atoms with Gasteiger partial charge in [0.1, 0.15) is 11.5 Å². The second kappa shape index (κ2) is 9.01. The van der Waals surface area contributed by atoms with Gasteiger partial charge in [-0.25, -0.2) is 0 Å². The molecule has 0 fully saturated rings. The van der Waals surface area contributed by atoms with Crippen LogP contribution in [0.3, 0.4) is 0 Å². The molecule has 31 heavy (non-hydrogen) atoms. The lowest BCUT2D eigenvalue weighted by atomic mass is 10.0. The molecule has 0 N–H and O–H groups in total. The minimum absolute atomic E-state index is 0.00820. The van der Waals surface area contributed by atoms with Crippen molar-refractivity contribution >= 4 is 30.6 Å². The van der Waals surface area contributed by atoms with Crippen LogP contribution in [0.4, 0.5) is 18.9 Å². The van der Waals surface area contributed by atoms with Gasteiger partial charge in [0.2, 0.25) is 0 Å². The van der Waals surface area contributed by atoms with Crippen molar-refractivity contribution in [3.63, 3.8) is 0 Å². The second-order valence-electron chi connectivity index (χ2n) is 6.14. The van der Waals surface area contributed by atoms with Gasteiger partial charge in [-0.05, 0) is 28.3 Å². The number of nitrogens with zero attached hydrogens (tertiary/aromatic N) is 1. The van der Waals surface area contributed by atoms with Gasteiger partial charge in [-0.15, -0.1) is 4.52 Å². The molecule has 1 unspecified atom stereocenters. The number of rotatable bonds is 6. The molecule has 0 aliphatic rings. The van der Waals surface area contributed by atoms with E-state index in [2.05, 4.69) is 0 Å². The minimum atomic E-state index is -4.59. The molecule has 11 heteroatoms. The summed E-state index contributed by atoms with van der Waals surface area (Å²) in [4.78, 5) is 10.8. The Balaban J connectivity index is 2.18. The molecule has 3 aromatic rings. The van der Waals surface area contributed by atoms with Crippen molar-refractivity contribution in [2.45, 2.75) is 6.18 Å². The van der Waals surface area contributed by atoms with Gasteiger partial charge in [0.05, 0.1) is 22.6 Å². The molecule has 160 valence electrons. The number of hydrogen-bond donors (Lipinski definition) is 0. The van der Waals surface area contributed by atoms with Gasteiger partial charge in [-0.3, -0.25) is 10.1 Å². The number of ether oxygens (including phenoxy) is 1. The third-order valence-electron chi connectivity index (χ3n) is 4.20. The highest BCUT2D eigenvalue weighted by Gasteiger charge is 2.35. The summed E-state index contributed by atoms with van der Waals surface area (Å²) >= 11 is 5.98. The van der Waals surface area contributed by atoms with Crippen LogP contribution in [-0.2, 0) is 15.3 Å². The summed E-state index contributed by atoms with van der Waals surface area (Å²) in [5.74, 6) is -0.104. The zero-order chi connectivity index (χ0) is 22.8. The summed E-state index contributed by atoms with van der Waals surface area (Å²) in [6, 6.07) is 13.3. The summed E-state index contributed by atoms with van der Waals surface area (Å²) in [5, 5.41) is 11.0. The number of nitro groups is 1. The first-order valence-corrected chi connectivity index (χ1v) is 10.1. The Morgan fingerprint density at radius 1 is 1.03 bits per heavy atom. The fourth-order valence-electron chi connectivity index (χ4n) is 2.75. The zero-order valence-electron chi connectivity index (χ0n) is 15.7. The fourth-order valence-corrected chi connectivity index (χ4v) is 3.73. The molecule has 0 aromatic heterocycles. The summed E-state index contributed by atoms with van der Waals surface area (Å²) in [6.07, 6.45) is -4.59. The Labute approximate surface area is 180 Å². The lowest BCUT2D eigenvalue weighted by molar-refractivity contribution is -0.383. The van der Waals surface area contributed by atoms with Gasteiger partial charge in [0.25, 0.3) is 0 Å². The highest BCUT2D eigenvalue weighted by Crippen LogP contribution is 2.41. The number of hydrogen-bond acceptors (Lipinski definition) is 5. The maximum Gasteiger partial charge on any atom is 0.556 e. The molecule has 0 radical (unpaired) electrons. The summed E-state index contributed by atoms with van der Waals surface area (Å²) < 4.78 is 61.4. The van der Waals surface area contributed by atoms with E-state index in [0.29, 0.717) is 11.6 Å². The molecule has 6 nitrogen and oxygen atoms in total. The van der Waals surface area contributed by atoms with Crippen LogP contribution < -0.4 is 10.0 Å². The Hall–Kier alpha value is -3.00. The predicted molar refractivity (Wildman–Crippen MR) is 109 cm³/mol. The van der Waals surface area contributed by atoms with Crippen molar-refractivity contribution in [1.29, 1.82) is 0 Å². The first-order valence-electron chi connectivity index (χ1n) is 8.55. The second-order valence-corrected chi connectivity index (χ2v) is 7.91. The molecule has 1 atom stereocenters. The Bertz CT molecular complexity index is 1160. The van der Waals surface area contributed by atoms with Crippen molar-refractivity contribution in [2.24, 2.45) is 0 Å². The van der Waals surface area contributed by atoms with Gasteiger partial charge in [0, 0.05) is 17.7 Å². The molecule has 0 saturated heterocycles. The van der Waals surface area contributed by atoms with Crippen molar-refractivity contribution < 1.29 is 31.9 Å². The molecular weight excluding hydrogens is 458 g/mol. The lowest BCUT2D eigenvalue weighted by Crippen LogP contribution is -2.08. The summed E-state index contributed by atoms with van der Waals surface area (Å²) in [7, 11) is -1.45. The Kier molecular flexibility index (Phi) is 6.59. The molecule has 0 aliphatic carbocycles. The molecule has 0 saturated carbocycles. The van der Waals surface area contributed by atoms with E-state index in [0.717, 1.165) is 25.3 Å². The fraction of sp³-hybridized carbons (Fsp3) is 0.100. The van der Waals surface area contributed by atoms with Crippen LogP contribution in [0.5, 0.6) is 11.5 Å². The third-order valence-corrected chi connectivity index (χ3v) is 5.58.